The van der Waals surface area contributed by atoms with Crippen molar-refractivity contribution in [2.45, 2.75) is 11.2 Å². The molecular formula is C46H24N2O2. The van der Waals surface area contributed by atoms with Gasteiger partial charge in [0.25, 0.3) is 0 Å². The smallest absolute Gasteiger partial charge is 0.306 e. The largest absolute Gasteiger partial charge is 0.440 e. The molecule has 0 saturated heterocycles. The van der Waals surface area contributed by atoms with Crippen molar-refractivity contribution in [2.75, 3.05) is 0 Å². The summed E-state index contributed by atoms with van der Waals surface area (Å²) in [7, 11) is 0. The van der Waals surface area contributed by atoms with E-state index in [1.54, 1.807) is 0 Å². The molecule has 230 valence electrons. The minimum atomic E-state index is -1.13. The van der Waals surface area contributed by atoms with Gasteiger partial charge in [-0.2, -0.15) is 10.5 Å². The average Bonchev–Trinajstić information content (AvgIpc) is 3.88. The molecule has 0 bridgehead atoms. The van der Waals surface area contributed by atoms with E-state index < -0.39 is 11.2 Å². The van der Waals surface area contributed by atoms with Gasteiger partial charge in [0.15, 0.2) is 11.5 Å². The van der Waals surface area contributed by atoms with Gasteiger partial charge in [-0.1, -0.05) is 115 Å². The molecule has 4 heteroatoms. The SMILES string of the molecule is N#Cc1ccc2c(c1)C1(c3ccccc3-c3ccccc31)c1cc(C#N)c(-c3cccc4c3OC3(O4)c4ccccc4-c4ccccc43)cc1-2. The molecule has 50 heavy (non-hydrogen) atoms. The third-order valence-corrected chi connectivity index (χ3v) is 11.1. The topological polar surface area (TPSA) is 66.0 Å². The molecule has 4 nitrogen and oxygen atoms in total. The number of benzene rings is 7. The zero-order valence-corrected chi connectivity index (χ0v) is 26.6. The average molecular weight is 637 g/mol. The Labute approximate surface area is 288 Å². The minimum Gasteiger partial charge on any atom is -0.440 e. The number of hydrogen-bond acceptors (Lipinski definition) is 4. The van der Waals surface area contributed by atoms with Crippen LogP contribution in [0.1, 0.15) is 44.5 Å². The summed E-state index contributed by atoms with van der Waals surface area (Å²) >= 11 is 0. The van der Waals surface area contributed by atoms with Crippen LogP contribution in [0, 0.1) is 22.7 Å². The number of para-hydroxylation sites is 1. The summed E-state index contributed by atoms with van der Waals surface area (Å²) in [5.41, 5.74) is 15.0. The van der Waals surface area contributed by atoms with Crippen molar-refractivity contribution in [2.24, 2.45) is 0 Å². The maximum atomic E-state index is 10.9. The van der Waals surface area contributed by atoms with Gasteiger partial charge in [-0.15, -0.1) is 0 Å². The Kier molecular flexibility index (Phi) is 5.09. The third kappa shape index (κ3) is 3.10. The molecule has 0 radical (unpaired) electrons. The molecule has 11 rings (SSSR count). The lowest BCUT2D eigenvalue weighted by Gasteiger charge is -2.30. The van der Waals surface area contributed by atoms with E-state index in [9.17, 15) is 10.5 Å². The molecule has 0 atom stereocenters. The summed E-state index contributed by atoms with van der Waals surface area (Å²) in [5.74, 6) is 0.115. The first-order chi connectivity index (χ1) is 24.7. The van der Waals surface area contributed by atoms with E-state index in [-0.39, 0.29) is 0 Å². The Hall–Kier alpha value is -6.88. The number of ether oxygens (including phenoxy) is 2. The van der Waals surface area contributed by atoms with Crippen LogP contribution in [0.2, 0.25) is 0 Å². The fourth-order valence-electron chi connectivity index (χ4n) is 9.18. The van der Waals surface area contributed by atoms with Crippen LogP contribution >= 0.6 is 0 Å². The van der Waals surface area contributed by atoms with Crippen LogP contribution in [0.25, 0.3) is 44.5 Å². The van der Waals surface area contributed by atoms with Gasteiger partial charge in [-0.3, -0.25) is 0 Å². The lowest BCUT2D eigenvalue weighted by atomic mass is 9.70. The van der Waals surface area contributed by atoms with E-state index in [2.05, 4.69) is 103 Å². The monoisotopic (exact) mass is 636 g/mol. The Bertz CT molecular complexity index is 2670. The Balaban J connectivity index is 1.17. The van der Waals surface area contributed by atoms with E-state index in [0.29, 0.717) is 22.6 Å². The van der Waals surface area contributed by atoms with E-state index in [1.807, 2.05) is 54.6 Å². The van der Waals surface area contributed by atoms with E-state index in [1.165, 1.54) is 11.1 Å². The van der Waals surface area contributed by atoms with Gasteiger partial charge in [0, 0.05) is 22.3 Å². The van der Waals surface area contributed by atoms with Gasteiger partial charge >= 0.3 is 5.79 Å². The molecule has 0 aromatic heterocycles. The molecule has 3 aliphatic carbocycles. The van der Waals surface area contributed by atoms with Crippen LogP contribution in [-0.2, 0) is 11.2 Å². The highest BCUT2D eigenvalue weighted by Crippen LogP contribution is 2.64. The summed E-state index contributed by atoms with van der Waals surface area (Å²) in [5, 5.41) is 20.9. The van der Waals surface area contributed by atoms with Gasteiger partial charge in [0.2, 0.25) is 0 Å². The maximum absolute atomic E-state index is 10.9. The van der Waals surface area contributed by atoms with Crippen molar-refractivity contribution in [1.82, 2.24) is 0 Å². The fourth-order valence-corrected chi connectivity index (χ4v) is 9.18. The quantitative estimate of drug-likeness (QED) is 0.180. The van der Waals surface area contributed by atoms with Gasteiger partial charge in [-0.05, 0) is 86.0 Å². The van der Waals surface area contributed by atoms with E-state index in [0.717, 1.165) is 66.8 Å². The van der Waals surface area contributed by atoms with Gasteiger partial charge in [0.05, 0.1) is 28.7 Å². The first-order valence-electron chi connectivity index (χ1n) is 16.7. The first-order valence-corrected chi connectivity index (χ1v) is 16.7. The van der Waals surface area contributed by atoms with Gasteiger partial charge < -0.3 is 9.47 Å². The van der Waals surface area contributed by atoms with Crippen LogP contribution in [0.5, 0.6) is 11.5 Å². The summed E-state index contributed by atoms with van der Waals surface area (Å²) in [6.07, 6.45) is 0. The highest BCUT2D eigenvalue weighted by atomic mass is 16.7. The summed E-state index contributed by atoms with van der Waals surface area (Å²) in [4.78, 5) is 0. The van der Waals surface area contributed by atoms with Crippen LogP contribution in [-0.4, -0.2) is 0 Å². The van der Waals surface area contributed by atoms with Crippen LogP contribution in [0.15, 0.2) is 146 Å². The molecule has 1 heterocycles. The van der Waals surface area contributed by atoms with Crippen LogP contribution in [0.4, 0.5) is 0 Å². The Morgan fingerprint density at radius 2 is 0.940 bits per heavy atom. The highest BCUT2D eigenvalue weighted by molar-refractivity contribution is 5.97. The zero-order chi connectivity index (χ0) is 33.2. The highest BCUT2D eigenvalue weighted by Gasteiger charge is 2.54. The lowest BCUT2D eigenvalue weighted by molar-refractivity contribution is -0.0415. The number of nitriles is 2. The van der Waals surface area contributed by atoms with Crippen LogP contribution in [0.3, 0.4) is 0 Å². The molecule has 0 amide bonds. The summed E-state index contributed by atoms with van der Waals surface area (Å²) < 4.78 is 13.9. The molecule has 0 fully saturated rings. The molecule has 0 saturated carbocycles. The van der Waals surface area contributed by atoms with Crippen molar-refractivity contribution >= 4 is 0 Å². The predicted octanol–water partition coefficient (Wildman–Crippen LogP) is 10.1. The summed E-state index contributed by atoms with van der Waals surface area (Å²) in [6, 6.07) is 54.6. The van der Waals surface area contributed by atoms with Crippen molar-refractivity contribution in [1.29, 1.82) is 10.5 Å². The molecular weight excluding hydrogens is 613 g/mol. The molecule has 2 spiro atoms. The summed E-state index contributed by atoms with van der Waals surface area (Å²) in [6.45, 7) is 0. The molecule has 4 aliphatic rings. The standard InChI is InChI=1S/C46H24N2O2/c47-25-27-20-21-33-36-24-35(28(26-48)23-42(36)45(41(33)22-27)37-15-5-1-10-29(37)30-11-2-6-16-38(30)45)34-14-9-19-43-44(34)50-46(49-43)39-17-7-3-12-31(39)32-13-4-8-18-40(32)46/h1-24H. The number of rotatable bonds is 1. The number of fused-ring (bicyclic) bond motifs is 16. The number of hydrogen-bond donors (Lipinski definition) is 0. The molecule has 0 N–H and O–H groups in total. The lowest BCUT2D eigenvalue weighted by Crippen LogP contribution is -2.34. The zero-order valence-electron chi connectivity index (χ0n) is 26.6. The first kappa shape index (κ1) is 27.1. The molecule has 7 aromatic rings. The number of nitrogens with zero attached hydrogens (tertiary/aromatic N) is 2. The van der Waals surface area contributed by atoms with E-state index >= 15 is 0 Å². The Morgan fingerprint density at radius 1 is 0.400 bits per heavy atom. The van der Waals surface area contributed by atoms with Crippen molar-refractivity contribution < 1.29 is 9.47 Å². The minimum absolute atomic E-state index is 0.545. The second-order valence-electron chi connectivity index (χ2n) is 13.3. The van der Waals surface area contributed by atoms with E-state index in [4.69, 9.17) is 9.47 Å². The van der Waals surface area contributed by atoms with Crippen molar-refractivity contribution in [3.63, 3.8) is 0 Å². The van der Waals surface area contributed by atoms with Gasteiger partial charge in [-0.25, -0.2) is 0 Å². The molecule has 7 aromatic carbocycles. The van der Waals surface area contributed by atoms with Crippen molar-refractivity contribution in [3.8, 4) is 68.1 Å². The molecule has 1 aliphatic heterocycles. The maximum Gasteiger partial charge on any atom is 0.306 e. The second-order valence-corrected chi connectivity index (χ2v) is 13.3. The Morgan fingerprint density at radius 3 is 1.56 bits per heavy atom. The third-order valence-electron chi connectivity index (χ3n) is 11.1. The van der Waals surface area contributed by atoms with Crippen LogP contribution < -0.4 is 9.47 Å². The van der Waals surface area contributed by atoms with Crippen molar-refractivity contribution in [3.05, 3.63) is 190 Å². The normalized spacial score (nSPS) is 15.0. The fraction of sp³-hybridized carbons (Fsp3) is 0.0435. The second kappa shape index (κ2) is 9.38. The van der Waals surface area contributed by atoms with Gasteiger partial charge in [0.1, 0.15) is 0 Å². The predicted molar refractivity (Wildman–Crippen MR) is 192 cm³/mol. The molecule has 0 unspecified atom stereocenters.